The van der Waals surface area contributed by atoms with Crippen molar-refractivity contribution < 1.29 is 73.4 Å². The topological polar surface area (TPSA) is 181 Å². The molecule has 0 spiro atoms. The van der Waals surface area contributed by atoms with Crippen LogP contribution < -0.4 is 19.6 Å². The number of rotatable bonds is 16. The summed E-state index contributed by atoms with van der Waals surface area (Å²) in [4.78, 5) is 77.2. The molecule has 16 rings (SSSR count). The van der Waals surface area contributed by atoms with Gasteiger partial charge in [-0.25, -0.2) is 37.5 Å². The Bertz CT molecular complexity index is 5100. The Labute approximate surface area is 718 Å². The van der Waals surface area contributed by atoms with Crippen molar-refractivity contribution in [2.45, 2.75) is 65.2 Å². The molecule has 117 heavy (non-hydrogen) atoms. The zero-order chi connectivity index (χ0) is 81.9. The van der Waals surface area contributed by atoms with Crippen LogP contribution in [0.2, 0.25) is 0 Å². The standard InChI is InChI=1S/C23H23FN2O2S.C22H20BrFN2O2S.2C22H21FN2O2S.CH3.ClH.Zn/c1-15-21(18-7-5-16(6-8-18)17-9-11-20(24)12-10-17)25-23(29-15)26-13-3-4-19(14-26)22(27)28-2;1-28-21(27)17-3-2-12-26(13-17)22-25-19(20(23)29-22)16-6-4-14(5-7-16)15-8-10-18(24)11-9-15;1-27-21(26)18-3-2-12-25(13-18)22-24-20(14-28-22)17-6-4-15(5-7-17)16-8-10-19(23)11-9-16;1-14-20(24-22(28-14)25-12-2-3-18(13-25)21(26)27)17-6-4-15(5-7-17)16-8-10-19(23)11-9-16;;;/h5-12,19H,3-4,13-14H2,1-2H3;4-11,17H,2-3,12-13H2,1H3;4-11,14,18H,2-3,12-13H2,1H3;4-11,18H,2-3,12-13H2,1H3,(H,26,27);1H3;1H;/q;;;;-1;;+2/p-1. The Morgan fingerprint density at radius 3 is 0.940 bits per heavy atom. The number of nitrogens with zero attached hydrogens (tertiary/aromatic N) is 8. The Balaban J connectivity index is 0.000000152. The average Bonchev–Trinajstić information content (AvgIpc) is 1.68. The average molecular weight is 1790 g/mol. The van der Waals surface area contributed by atoms with Gasteiger partial charge in [-0.15, -0.1) is 34.0 Å². The number of methoxy groups -OCH3 is 3. The minimum atomic E-state index is -0.727. The van der Waals surface area contributed by atoms with Crippen LogP contribution in [0.1, 0.15) is 61.1 Å². The number of carbonyl (C=O) groups is 4. The SMILES string of the molecule is COC(=O)C1CCCN(c2nc(-c3ccc(-c4ccc(F)cc4)cc3)c(Br)s2)C1.COC(=O)C1CCCN(c2nc(-c3ccc(-c4ccc(F)cc4)cc3)c(C)s2)C1.COC(=O)C1CCCN(c2nc(-c3ccc(-c4ccc(F)cc4)cc3)cs2)C1.Cc1sc(N2CCCC(C(=O)O)C2)nc1-c1ccc(-c2ccc(F)cc2)cc1.[CH3-].[Cl][Zn+]. The molecule has 0 radical (unpaired) electrons. The van der Waals surface area contributed by atoms with E-state index in [4.69, 9.17) is 43.8 Å². The fourth-order valence-electron chi connectivity index (χ4n) is 14.5. The van der Waals surface area contributed by atoms with Crippen LogP contribution in [0.15, 0.2) is 203 Å². The number of piperidine rings is 4. The Morgan fingerprint density at radius 2 is 0.632 bits per heavy atom. The van der Waals surface area contributed by atoms with E-state index in [1.54, 1.807) is 93.9 Å². The van der Waals surface area contributed by atoms with Crippen molar-refractivity contribution >= 4 is 115 Å². The van der Waals surface area contributed by atoms with Crippen LogP contribution >= 0.6 is 71.0 Å². The first-order chi connectivity index (χ1) is 56.2. The van der Waals surface area contributed by atoms with Crippen molar-refractivity contribution in [3.05, 3.63) is 244 Å². The van der Waals surface area contributed by atoms with Gasteiger partial charge in [-0.05, 0) is 174 Å². The number of aryl methyl sites for hydroxylation is 2. The summed E-state index contributed by atoms with van der Waals surface area (Å²) < 4.78 is 68.2. The first-order valence-corrected chi connectivity index (χ1v) is 46.0. The second-order valence-corrected chi connectivity index (χ2v) is 33.8. The molecular weight excluding hydrogens is 1710 g/mol. The van der Waals surface area contributed by atoms with E-state index in [1.807, 2.05) is 97.2 Å². The first kappa shape index (κ1) is 88.3. The molecule has 1 N–H and O–H groups in total. The summed E-state index contributed by atoms with van der Waals surface area (Å²) in [5.41, 5.74) is 15.9. The van der Waals surface area contributed by atoms with E-state index < -0.39 is 5.97 Å². The summed E-state index contributed by atoms with van der Waals surface area (Å²) in [5, 5.41) is 15.0. The zero-order valence-corrected chi connectivity index (χ0v) is 74.2. The van der Waals surface area contributed by atoms with E-state index in [2.05, 4.69) is 54.6 Å². The molecule has 16 nitrogen and oxygen atoms in total. The normalized spacial score (nSPS) is 16.4. The molecule has 4 aliphatic rings. The molecular formula is C90H88BrClF4N8O8S4Zn. The van der Waals surface area contributed by atoms with Crippen molar-refractivity contribution in [1.29, 1.82) is 0 Å². The second-order valence-electron chi connectivity index (χ2n) is 28.3. The summed E-state index contributed by atoms with van der Waals surface area (Å²) in [6.07, 6.45) is 7.05. The summed E-state index contributed by atoms with van der Waals surface area (Å²) in [6, 6.07) is 58.4. The molecule has 0 saturated carbocycles. The van der Waals surface area contributed by atoms with Gasteiger partial charge >= 0.3 is 50.9 Å². The number of halogens is 6. The van der Waals surface area contributed by atoms with Gasteiger partial charge in [0.2, 0.25) is 0 Å². The van der Waals surface area contributed by atoms with E-state index in [0.717, 1.165) is 218 Å². The third kappa shape index (κ3) is 22.9. The van der Waals surface area contributed by atoms with Crippen LogP contribution in [0.3, 0.4) is 0 Å². The van der Waals surface area contributed by atoms with E-state index in [0.29, 0.717) is 26.2 Å². The Morgan fingerprint density at radius 1 is 0.385 bits per heavy atom. The van der Waals surface area contributed by atoms with Gasteiger partial charge in [-0.2, -0.15) is 0 Å². The fourth-order valence-corrected chi connectivity index (χ4v) is 18.9. The summed E-state index contributed by atoms with van der Waals surface area (Å²) in [5.74, 6) is -2.70. The van der Waals surface area contributed by atoms with Crippen molar-refractivity contribution in [3.8, 4) is 89.5 Å². The van der Waals surface area contributed by atoms with Crippen molar-refractivity contribution in [2.75, 3.05) is 93.3 Å². The Hall–Kier alpha value is -9.53. The van der Waals surface area contributed by atoms with Gasteiger partial charge in [0.05, 0.1) is 71.6 Å². The molecule has 27 heteroatoms. The van der Waals surface area contributed by atoms with Gasteiger partial charge in [0.15, 0.2) is 20.5 Å². The number of esters is 3. The van der Waals surface area contributed by atoms with Gasteiger partial charge in [0, 0.05) is 89.7 Å². The molecule has 4 atom stereocenters. The molecule has 4 saturated heterocycles. The van der Waals surface area contributed by atoms with Crippen LogP contribution in [0.25, 0.3) is 89.5 Å². The molecule has 4 aliphatic heterocycles. The maximum atomic E-state index is 13.1. The number of carboxylic acid groups (broad SMARTS) is 1. The van der Waals surface area contributed by atoms with Gasteiger partial charge in [0.25, 0.3) is 0 Å². The number of carbonyl (C=O) groups excluding carboxylic acids is 3. The van der Waals surface area contributed by atoms with Crippen molar-refractivity contribution in [1.82, 2.24) is 19.9 Å². The number of ether oxygens (including phenoxy) is 3. The molecule has 12 aromatic rings. The predicted octanol–water partition coefficient (Wildman–Crippen LogP) is 22.5. The third-order valence-corrected chi connectivity index (χ3v) is 25.5. The quantitative estimate of drug-likeness (QED) is 0.0317. The summed E-state index contributed by atoms with van der Waals surface area (Å²) in [6.45, 7) is 10.1. The molecule has 4 unspecified atom stereocenters. The van der Waals surface area contributed by atoms with Crippen LogP contribution in [-0.4, -0.2) is 123 Å². The van der Waals surface area contributed by atoms with E-state index in [1.165, 1.54) is 69.9 Å². The maximum absolute atomic E-state index is 13.1. The number of benzene rings is 8. The summed E-state index contributed by atoms with van der Waals surface area (Å²) in [7, 11) is 9.09. The molecule has 8 heterocycles. The van der Waals surface area contributed by atoms with Gasteiger partial charge in [-0.3, -0.25) is 19.2 Å². The fraction of sp³-hybridized carbons (Fsp3) is 0.278. The third-order valence-electron chi connectivity index (χ3n) is 20.7. The predicted molar refractivity (Wildman–Crippen MR) is 465 cm³/mol. The van der Waals surface area contributed by atoms with E-state index >= 15 is 0 Å². The number of aliphatic carboxylic acids is 1. The van der Waals surface area contributed by atoms with Gasteiger partial charge in [-0.1, -0.05) is 157 Å². The molecule has 4 aromatic heterocycles. The molecule has 0 amide bonds. The van der Waals surface area contributed by atoms with Crippen LogP contribution in [-0.2, 0) is 50.7 Å². The number of hydrogen-bond donors (Lipinski definition) is 1. The van der Waals surface area contributed by atoms with Crippen molar-refractivity contribution in [2.24, 2.45) is 23.7 Å². The minimum absolute atomic E-state index is 0. The number of anilines is 4. The number of carboxylic acids is 1. The number of aromatic nitrogens is 4. The molecule has 8 aromatic carbocycles. The second kappa shape index (κ2) is 42.2. The van der Waals surface area contributed by atoms with Gasteiger partial charge < -0.3 is 46.3 Å². The number of hydrogen-bond acceptors (Lipinski definition) is 19. The Kier molecular flexibility index (Phi) is 31.9. The van der Waals surface area contributed by atoms with E-state index in [9.17, 15) is 41.8 Å². The van der Waals surface area contributed by atoms with Crippen LogP contribution in [0.5, 0.6) is 0 Å². The number of thiazole rings is 4. The van der Waals surface area contributed by atoms with Crippen LogP contribution in [0.4, 0.5) is 38.1 Å². The van der Waals surface area contributed by atoms with Gasteiger partial charge in [0.1, 0.15) is 23.3 Å². The summed E-state index contributed by atoms with van der Waals surface area (Å²) >= 11 is 10.9. The zero-order valence-electron chi connectivity index (χ0n) is 65.7. The monoisotopic (exact) mass is 1790 g/mol. The molecule has 0 aliphatic carbocycles. The molecule has 4 fully saturated rings. The van der Waals surface area contributed by atoms with Crippen molar-refractivity contribution in [3.63, 3.8) is 0 Å². The molecule has 604 valence electrons. The van der Waals surface area contributed by atoms with E-state index in [-0.39, 0.29) is 72.3 Å². The van der Waals surface area contributed by atoms with Crippen LogP contribution in [0, 0.1) is 68.2 Å². The first-order valence-electron chi connectivity index (χ1n) is 38.0. The molecule has 0 bridgehead atoms.